The normalized spacial score (nSPS) is 26.2. The molecule has 2 aliphatic rings. The minimum atomic E-state index is -1.35. The van der Waals surface area contributed by atoms with Crippen molar-refractivity contribution in [3.8, 4) is 0 Å². The Hall–Kier alpha value is -1.82. The smallest absolute Gasteiger partial charge is 0.233 e. The van der Waals surface area contributed by atoms with E-state index in [0.29, 0.717) is 18.9 Å². The summed E-state index contributed by atoms with van der Waals surface area (Å²) >= 11 is 0. The molecule has 0 aromatic heterocycles. The zero-order valence-electron chi connectivity index (χ0n) is 12.0. The third-order valence-electron chi connectivity index (χ3n) is 4.61. The fraction of sp³-hybridized carbons (Fsp3) is 0.500. The number of likely N-dealkylation sites (tertiary alicyclic amines) is 1. The molecule has 1 aliphatic carbocycles. The molecule has 6 heteroatoms. The standard InChI is InChI=1S/C16H17F2NO3/c17-9-5-6-12(13(18)7-9)14(20)8-19-15(21)10-3-1-2-4-11(10)16(19)22/h5-7,10-11,14,20H,1-4,8H2. The number of nitrogens with zero attached hydrogens (tertiary/aromatic N) is 1. The first-order chi connectivity index (χ1) is 10.5. The van der Waals surface area contributed by atoms with Crippen molar-refractivity contribution in [1.29, 1.82) is 0 Å². The highest BCUT2D eigenvalue weighted by Gasteiger charge is 2.48. The number of carbonyl (C=O) groups excluding carboxylic acids is 2. The number of hydrogen-bond acceptors (Lipinski definition) is 3. The van der Waals surface area contributed by atoms with Crippen LogP contribution in [0.1, 0.15) is 37.4 Å². The van der Waals surface area contributed by atoms with Crippen LogP contribution in [0.25, 0.3) is 0 Å². The van der Waals surface area contributed by atoms with Gasteiger partial charge in [0.15, 0.2) is 0 Å². The third-order valence-corrected chi connectivity index (χ3v) is 4.61. The molecule has 0 radical (unpaired) electrons. The lowest BCUT2D eigenvalue weighted by molar-refractivity contribution is -0.141. The number of fused-ring (bicyclic) bond motifs is 1. The zero-order chi connectivity index (χ0) is 15.9. The highest BCUT2D eigenvalue weighted by molar-refractivity contribution is 6.05. The second-order valence-corrected chi connectivity index (χ2v) is 5.97. The van der Waals surface area contributed by atoms with Gasteiger partial charge in [-0.2, -0.15) is 0 Å². The summed E-state index contributed by atoms with van der Waals surface area (Å²) in [6.07, 6.45) is 1.86. The van der Waals surface area contributed by atoms with Gasteiger partial charge in [-0.25, -0.2) is 8.78 Å². The van der Waals surface area contributed by atoms with Crippen LogP contribution in [-0.2, 0) is 9.59 Å². The van der Waals surface area contributed by atoms with Gasteiger partial charge >= 0.3 is 0 Å². The van der Waals surface area contributed by atoms with Crippen molar-refractivity contribution in [2.75, 3.05) is 6.54 Å². The fourth-order valence-electron chi connectivity index (χ4n) is 3.45. The monoisotopic (exact) mass is 309 g/mol. The summed E-state index contributed by atoms with van der Waals surface area (Å²) in [4.78, 5) is 25.6. The summed E-state index contributed by atoms with van der Waals surface area (Å²) in [5, 5.41) is 10.1. The maximum Gasteiger partial charge on any atom is 0.233 e. The van der Waals surface area contributed by atoms with E-state index in [1.54, 1.807) is 0 Å². The topological polar surface area (TPSA) is 57.6 Å². The maximum atomic E-state index is 13.7. The molecule has 2 amide bonds. The average molecular weight is 309 g/mol. The Labute approximate surface area is 126 Å². The maximum absolute atomic E-state index is 13.7. The van der Waals surface area contributed by atoms with E-state index < -0.39 is 17.7 Å². The Morgan fingerprint density at radius 1 is 1.14 bits per heavy atom. The molecule has 1 saturated carbocycles. The van der Waals surface area contributed by atoms with Crippen molar-refractivity contribution < 1.29 is 23.5 Å². The van der Waals surface area contributed by atoms with Gasteiger partial charge < -0.3 is 5.11 Å². The van der Waals surface area contributed by atoms with E-state index >= 15 is 0 Å². The summed E-state index contributed by atoms with van der Waals surface area (Å²) in [6.45, 7) is -0.285. The summed E-state index contributed by atoms with van der Waals surface area (Å²) in [5.74, 6) is -2.79. The molecule has 4 nitrogen and oxygen atoms in total. The Kier molecular flexibility index (Phi) is 3.95. The summed E-state index contributed by atoms with van der Waals surface area (Å²) in [6, 6.07) is 2.84. The number of aliphatic hydroxyl groups is 1. The van der Waals surface area contributed by atoms with Crippen molar-refractivity contribution in [1.82, 2.24) is 4.90 Å². The number of benzene rings is 1. The molecule has 3 unspecified atom stereocenters. The second-order valence-electron chi connectivity index (χ2n) is 5.97. The molecular weight excluding hydrogens is 292 g/mol. The van der Waals surface area contributed by atoms with Gasteiger partial charge in [0.2, 0.25) is 11.8 Å². The van der Waals surface area contributed by atoms with Gasteiger partial charge in [-0.15, -0.1) is 0 Å². The molecule has 1 saturated heterocycles. The van der Waals surface area contributed by atoms with E-state index in [1.807, 2.05) is 0 Å². The number of imide groups is 1. The predicted molar refractivity (Wildman–Crippen MR) is 73.5 cm³/mol. The van der Waals surface area contributed by atoms with Gasteiger partial charge in [0, 0.05) is 11.6 Å². The Morgan fingerprint density at radius 3 is 2.27 bits per heavy atom. The van der Waals surface area contributed by atoms with E-state index in [0.717, 1.165) is 29.9 Å². The number of rotatable bonds is 3. The predicted octanol–water partition coefficient (Wildman–Crippen LogP) is 2.17. The second kappa shape index (κ2) is 5.76. The Bertz CT molecular complexity index is 595. The molecule has 1 aliphatic heterocycles. The van der Waals surface area contributed by atoms with Crippen molar-refractivity contribution in [2.24, 2.45) is 11.8 Å². The average Bonchev–Trinajstić information content (AvgIpc) is 2.73. The van der Waals surface area contributed by atoms with Crippen molar-refractivity contribution in [3.05, 3.63) is 35.4 Å². The molecule has 3 atom stereocenters. The molecule has 0 bridgehead atoms. The SMILES string of the molecule is O=C1C2CCCCC2C(=O)N1CC(O)c1ccc(F)cc1F. The number of halogens is 2. The molecule has 3 rings (SSSR count). The van der Waals surface area contributed by atoms with Crippen LogP contribution in [0.2, 0.25) is 0 Å². The van der Waals surface area contributed by atoms with E-state index in [-0.39, 0.29) is 35.8 Å². The first kappa shape index (κ1) is 15.1. The number of β-amino-alcohol motifs (C(OH)–C–C–N with tert-alkyl or cyclic N) is 1. The molecule has 22 heavy (non-hydrogen) atoms. The van der Waals surface area contributed by atoms with Gasteiger partial charge in [-0.1, -0.05) is 18.9 Å². The van der Waals surface area contributed by atoms with Crippen LogP contribution >= 0.6 is 0 Å². The van der Waals surface area contributed by atoms with E-state index in [9.17, 15) is 23.5 Å². The Balaban J connectivity index is 1.77. The summed E-state index contributed by atoms with van der Waals surface area (Å²) < 4.78 is 26.6. The molecule has 118 valence electrons. The lowest BCUT2D eigenvalue weighted by Crippen LogP contribution is -2.35. The van der Waals surface area contributed by atoms with Crippen LogP contribution in [0, 0.1) is 23.5 Å². The van der Waals surface area contributed by atoms with E-state index in [4.69, 9.17) is 0 Å². The van der Waals surface area contributed by atoms with E-state index in [2.05, 4.69) is 0 Å². The van der Waals surface area contributed by atoms with Crippen molar-refractivity contribution in [2.45, 2.75) is 31.8 Å². The molecule has 0 spiro atoms. The summed E-state index contributed by atoms with van der Waals surface area (Å²) in [5.41, 5.74) is -0.114. The largest absolute Gasteiger partial charge is 0.386 e. The molecule has 1 aromatic rings. The van der Waals surface area contributed by atoms with Gasteiger partial charge in [0.05, 0.1) is 24.5 Å². The molecule has 1 N–H and O–H groups in total. The lowest BCUT2D eigenvalue weighted by Gasteiger charge is -2.19. The Morgan fingerprint density at radius 2 is 1.73 bits per heavy atom. The number of carbonyl (C=O) groups is 2. The number of amides is 2. The zero-order valence-corrected chi connectivity index (χ0v) is 12.0. The van der Waals surface area contributed by atoms with Gasteiger partial charge in [-0.3, -0.25) is 14.5 Å². The minimum absolute atomic E-state index is 0.114. The first-order valence-corrected chi connectivity index (χ1v) is 7.47. The lowest BCUT2D eigenvalue weighted by atomic mass is 9.81. The van der Waals surface area contributed by atoms with Crippen LogP contribution in [0.3, 0.4) is 0 Å². The van der Waals surface area contributed by atoms with Crippen molar-refractivity contribution in [3.63, 3.8) is 0 Å². The minimum Gasteiger partial charge on any atom is -0.386 e. The number of hydrogen-bond donors (Lipinski definition) is 1. The fourth-order valence-corrected chi connectivity index (χ4v) is 3.45. The van der Waals surface area contributed by atoms with Crippen LogP contribution in [0.15, 0.2) is 18.2 Å². The molecule has 1 aromatic carbocycles. The molecule has 2 fully saturated rings. The van der Waals surface area contributed by atoms with Crippen LogP contribution < -0.4 is 0 Å². The van der Waals surface area contributed by atoms with E-state index in [1.165, 1.54) is 0 Å². The van der Waals surface area contributed by atoms with Gasteiger partial charge in [0.1, 0.15) is 11.6 Å². The third kappa shape index (κ3) is 2.52. The number of aliphatic hydroxyl groups excluding tert-OH is 1. The molecule has 1 heterocycles. The summed E-state index contributed by atoms with van der Waals surface area (Å²) in [7, 11) is 0. The quantitative estimate of drug-likeness (QED) is 0.871. The highest BCUT2D eigenvalue weighted by atomic mass is 19.1. The van der Waals surface area contributed by atoms with Crippen LogP contribution in [0.5, 0.6) is 0 Å². The van der Waals surface area contributed by atoms with Gasteiger partial charge in [0.25, 0.3) is 0 Å². The highest BCUT2D eigenvalue weighted by Crippen LogP contribution is 2.38. The van der Waals surface area contributed by atoms with Crippen LogP contribution in [-0.4, -0.2) is 28.4 Å². The van der Waals surface area contributed by atoms with Crippen molar-refractivity contribution >= 4 is 11.8 Å². The molecular formula is C16H17F2NO3. The van der Waals surface area contributed by atoms with Crippen LogP contribution in [0.4, 0.5) is 8.78 Å². The van der Waals surface area contributed by atoms with Gasteiger partial charge in [-0.05, 0) is 18.9 Å². The first-order valence-electron chi connectivity index (χ1n) is 7.47.